The number of para-hydroxylation sites is 1. The van der Waals surface area contributed by atoms with Crippen LogP contribution in [-0.2, 0) is 13.5 Å². The number of benzene rings is 2. The molecule has 2 aromatic carbocycles. The lowest BCUT2D eigenvalue weighted by atomic mass is 9.92. The minimum Gasteiger partial charge on any atom is -0.497 e. The fourth-order valence-electron chi connectivity index (χ4n) is 4.34. The van der Waals surface area contributed by atoms with Crippen molar-refractivity contribution in [2.75, 3.05) is 14.2 Å². The number of methoxy groups -OCH3 is 2. The molecular formula is C22H21N3O3S. The van der Waals surface area contributed by atoms with Gasteiger partial charge in [-0.25, -0.2) is 0 Å². The van der Waals surface area contributed by atoms with Gasteiger partial charge >= 0.3 is 0 Å². The predicted molar refractivity (Wildman–Crippen MR) is 114 cm³/mol. The fourth-order valence-corrected chi connectivity index (χ4v) is 4.65. The number of imidazole rings is 1. The lowest BCUT2D eigenvalue weighted by Gasteiger charge is -2.27. The third-order valence-electron chi connectivity index (χ3n) is 5.77. The Labute approximate surface area is 172 Å². The van der Waals surface area contributed by atoms with E-state index in [2.05, 4.69) is 17.1 Å². The Morgan fingerprint density at radius 1 is 1.10 bits per heavy atom. The maximum atomic E-state index is 10.8. The SMILES string of the molecule is COc1cc(OC)cc([C@@H]2c3[nH]c4ccccc4c3Cc3c(O)n(C)c(=S)n32)c1. The van der Waals surface area contributed by atoms with Gasteiger partial charge in [-0.1, -0.05) is 18.2 Å². The van der Waals surface area contributed by atoms with Crippen molar-refractivity contribution in [2.24, 2.45) is 7.05 Å². The second-order valence-corrected chi connectivity index (χ2v) is 7.64. The fraction of sp³-hybridized carbons (Fsp3) is 0.227. The molecule has 0 bridgehead atoms. The highest BCUT2D eigenvalue weighted by molar-refractivity contribution is 7.71. The molecule has 2 aromatic heterocycles. The van der Waals surface area contributed by atoms with Crippen molar-refractivity contribution < 1.29 is 14.6 Å². The molecule has 29 heavy (non-hydrogen) atoms. The quantitative estimate of drug-likeness (QED) is 0.438. The van der Waals surface area contributed by atoms with E-state index < -0.39 is 0 Å². The van der Waals surface area contributed by atoms with Gasteiger partial charge in [0.2, 0.25) is 5.88 Å². The lowest BCUT2D eigenvalue weighted by Crippen LogP contribution is -2.22. The molecule has 0 aliphatic carbocycles. The van der Waals surface area contributed by atoms with Crippen LogP contribution in [0.3, 0.4) is 0 Å². The number of hydrogen-bond acceptors (Lipinski definition) is 4. The van der Waals surface area contributed by atoms with Gasteiger partial charge in [0.1, 0.15) is 17.5 Å². The number of aromatic nitrogens is 3. The number of nitrogens with one attached hydrogen (secondary N) is 1. The molecule has 1 atom stereocenters. The van der Waals surface area contributed by atoms with Gasteiger partial charge in [0.25, 0.3) is 0 Å². The standard InChI is InChI=1S/C22H21N3O3S/c1-24-21(26)18-11-16-15-6-4-5-7-17(15)23-19(16)20(25(18)22(24)29)12-8-13(27-2)10-14(9-12)28-3/h4-10,20,23,26H,11H2,1-3H3/t20-/m1/s1. The van der Waals surface area contributed by atoms with E-state index in [1.807, 2.05) is 34.9 Å². The average Bonchev–Trinajstić information content (AvgIpc) is 3.23. The smallest absolute Gasteiger partial charge is 0.213 e. The number of ether oxygens (including phenoxy) is 2. The van der Waals surface area contributed by atoms with E-state index in [1.54, 1.807) is 25.8 Å². The molecule has 0 fully saturated rings. The van der Waals surface area contributed by atoms with E-state index in [-0.39, 0.29) is 11.9 Å². The van der Waals surface area contributed by atoms with Crippen molar-refractivity contribution in [2.45, 2.75) is 12.5 Å². The van der Waals surface area contributed by atoms with Crippen molar-refractivity contribution in [3.8, 4) is 17.4 Å². The Hall–Kier alpha value is -3.19. The van der Waals surface area contributed by atoms with Crippen LogP contribution in [-0.4, -0.2) is 33.4 Å². The van der Waals surface area contributed by atoms with Gasteiger partial charge in [0, 0.05) is 36.1 Å². The van der Waals surface area contributed by atoms with Gasteiger partial charge in [-0.3, -0.25) is 4.57 Å². The summed E-state index contributed by atoms with van der Waals surface area (Å²) in [6.07, 6.45) is 0.604. The summed E-state index contributed by atoms with van der Waals surface area (Å²) in [5, 5.41) is 11.9. The molecule has 148 valence electrons. The van der Waals surface area contributed by atoms with Crippen molar-refractivity contribution >= 4 is 23.1 Å². The van der Waals surface area contributed by atoms with E-state index in [0.717, 1.165) is 27.9 Å². The number of hydrogen-bond donors (Lipinski definition) is 2. The monoisotopic (exact) mass is 407 g/mol. The van der Waals surface area contributed by atoms with E-state index in [1.165, 1.54) is 5.56 Å². The normalized spacial score (nSPS) is 15.2. The van der Waals surface area contributed by atoms with E-state index in [0.29, 0.717) is 22.7 Å². The zero-order valence-electron chi connectivity index (χ0n) is 16.4. The van der Waals surface area contributed by atoms with Crippen LogP contribution in [0, 0.1) is 4.77 Å². The van der Waals surface area contributed by atoms with Crippen LogP contribution in [0.4, 0.5) is 0 Å². The summed E-state index contributed by atoms with van der Waals surface area (Å²) < 4.78 is 15.2. The van der Waals surface area contributed by atoms with E-state index >= 15 is 0 Å². The maximum absolute atomic E-state index is 10.8. The Balaban J connectivity index is 1.86. The topological polar surface area (TPSA) is 64.3 Å². The Morgan fingerprint density at radius 3 is 2.48 bits per heavy atom. The molecule has 4 aromatic rings. The number of rotatable bonds is 3. The molecule has 5 rings (SSSR count). The highest BCUT2D eigenvalue weighted by Crippen LogP contribution is 2.43. The first-order chi connectivity index (χ1) is 14.0. The van der Waals surface area contributed by atoms with Gasteiger partial charge in [-0.15, -0.1) is 0 Å². The zero-order chi connectivity index (χ0) is 20.3. The molecule has 0 spiro atoms. The first-order valence-electron chi connectivity index (χ1n) is 9.35. The third-order valence-corrected chi connectivity index (χ3v) is 6.24. The van der Waals surface area contributed by atoms with Crippen molar-refractivity contribution in [3.63, 3.8) is 0 Å². The van der Waals surface area contributed by atoms with Crippen molar-refractivity contribution in [1.29, 1.82) is 0 Å². The summed E-state index contributed by atoms with van der Waals surface area (Å²) in [5.41, 5.74) is 5.08. The number of H-pyrrole nitrogens is 1. The van der Waals surface area contributed by atoms with Crippen LogP contribution in [0.2, 0.25) is 0 Å². The first-order valence-corrected chi connectivity index (χ1v) is 9.75. The molecule has 0 amide bonds. The highest BCUT2D eigenvalue weighted by atomic mass is 32.1. The molecule has 0 unspecified atom stereocenters. The van der Waals surface area contributed by atoms with E-state index in [9.17, 15) is 5.11 Å². The molecule has 0 radical (unpaired) electrons. The van der Waals surface area contributed by atoms with E-state index in [4.69, 9.17) is 21.7 Å². The van der Waals surface area contributed by atoms with Gasteiger partial charge in [-0.2, -0.15) is 0 Å². The average molecular weight is 407 g/mol. The van der Waals surface area contributed by atoms with Gasteiger partial charge in [0.15, 0.2) is 4.77 Å². The summed E-state index contributed by atoms with van der Waals surface area (Å²) >= 11 is 5.70. The van der Waals surface area contributed by atoms with Crippen LogP contribution in [0.5, 0.6) is 17.4 Å². The summed E-state index contributed by atoms with van der Waals surface area (Å²) in [6.45, 7) is 0. The van der Waals surface area contributed by atoms with Crippen LogP contribution in [0.25, 0.3) is 10.9 Å². The van der Waals surface area contributed by atoms with Crippen molar-refractivity contribution in [3.05, 3.63) is 69.8 Å². The molecule has 0 saturated heterocycles. The molecule has 0 saturated carbocycles. The third kappa shape index (κ3) is 2.50. The summed E-state index contributed by atoms with van der Waals surface area (Å²) in [4.78, 5) is 3.60. The molecule has 3 heterocycles. The van der Waals surface area contributed by atoms with Crippen LogP contribution in [0.1, 0.15) is 28.6 Å². The minimum absolute atomic E-state index is 0.200. The minimum atomic E-state index is -0.232. The van der Waals surface area contributed by atoms with Gasteiger partial charge < -0.3 is 24.1 Å². The molecule has 7 heteroatoms. The number of aromatic amines is 1. The maximum Gasteiger partial charge on any atom is 0.213 e. The number of aromatic hydroxyl groups is 1. The number of fused-ring (bicyclic) bond motifs is 4. The molecule has 1 aliphatic heterocycles. The van der Waals surface area contributed by atoms with Crippen LogP contribution < -0.4 is 9.47 Å². The molecule has 2 N–H and O–H groups in total. The molecule has 6 nitrogen and oxygen atoms in total. The molecular weight excluding hydrogens is 386 g/mol. The van der Waals surface area contributed by atoms with Crippen LogP contribution in [0.15, 0.2) is 42.5 Å². The largest absolute Gasteiger partial charge is 0.497 e. The Kier molecular flexibility index (Phi) is 3.96. The first kappa shape index (κ1) is 17.9. The number of nitrogens with zero attached hydrogens (tertiary/aromatic N) is 2. The lowest BCUT2D eigenvalue weighted by molar-refractivity contribution is 0.392. The molecule has 1 aliphatic rings. The Bertz CT molecular complexity index is 1290. The second kappa shape index (κ2) is 6.42. The van der Waals surface area contributed by atoms with Gasteiger partial charge in [-0.05, 0) is 41.5 Å². The highest BCUT2D eigenvalue weighted by Gasteiger charge is 2.34. The summed E-state index contributed by atoms with van der Waals surface area (Å²) in [7, 11) is 5.07. The summed E-state index contributed by atoms with van der Waals surface area (Å²) in [6, 6.07) is 13.8. The Morgan fingerprint density at radius 2 is 1.79 bits per heavy atom. The van der Waals surface area contributed by atoms with Crippen LogP contribution >= 0.6 is 12.2 Å². The summed E-state index contributed by atoms with van der Waals surface area (Å²) in [5.74, 6) is 1.61. The van der Waals surface area contributed by atoms with Gasteiger partial charge in [0.05, 0.1) is 19.9 Å². The predicted octanol–water partition coefficient (Wildman–Crippen LogP) is 4.30. The zero-order valence-corrected chi connectivity index (χ0v) is 17.2. The van der Waals surface area contributed by atoms with Crippen molar-refractivity contribution in [1.82, 2.24) is 14.1 Å². The second-order valence-electron chi connectivity index (χ2n) is 7.27.